The fourth-order valence-corrected chi connectivity index (χ4v) is 3.74. The van der Waals surface area contributed by atoms with Crippen molar-refractivity contribution in [2.45, 2.75) is 110 Å². The van der Waals surface area contributed by atoms with Gasteiger partial charge in [-0.1, -0.05) is 39.7 Å². The number of rotatable bonds is 16. The van der Waals surface area contributed by atoms with Crippen molar-refractivity contribution < 1.29 is 52.3 Å². The fourth-order valence-electron chi connectivity index (χ4n) is 3.74. The second-order valence-corrected chi connectivity index (χ2v) is 9.93. The SMILES string of the molecule is CCCC(C)OC(=O)Oc1ccc(C[C@](N)(CCOC(=O)O[C@@H](C)CC)C(=O)OC)cc1OC(=O)OC(C)CCC. The summed E-state index contributed by atoms with van der Waals surface area (Å²) in [4.78, 5) is 49.3. The highest BCUT2D eigenvalue weighted by atomic mass is 16.8. The molecule has 0 aliphatic rings. The van der Waals surface area contributed by atoms with E-state index in [2.05, 4.69) is 0 Å². The highest BCUT2D eigenvalue weighted by Crippen LogP contribution is 2.31. The van der Waals surface area contributed by atoms with Crippen LogP contribution in [0.4, 0.5) is 14.4 Å². The Balaban J connectivity index is 3.17. The van der Waals surface area contributed by atoms with Crippen LogP contribution in [0.3, 0.4) is 0 Å². The standard InChI is InChI=1S/C29H45NO11/c1-8-11-20(5)38-27(33)40-23-14-13-22(17-24(23)41-28(34)39-21(6)12-9-2)18-29(30,25(31)35-7)15-16-36-26(32)37-19(4)10-3/h13-14,17,19-21H,8-12,15-16,18,30H2,1-7H3/t19-,20?,21?,29+/m0/s1. The molecule has 232 valence electrons. The molecule has 4 atom stereocenters. The highest BCUT2D eigenvalue weighted by molar-refractivity contribution is 5.81. The van der Waals surface area contributed by atoms with Gasteiger partial charge in [0, 0.05) is 12.8 Å². The Kier molecular flexibility index (Phi) is 15.6. The molecule has 0 aromatic heterocycles. The van der Waals surface area contributed by atoms with E-state index in [9.17, 15) is 19.2 Å². The Morgan fingerprint density at radius 2 is 1.34 bits per heavy atom. The van der Waals surface area contributed by atoms with Crippen LogP contribution in [0.15, 0.2) is 18.2 Å². The van der Waals surface area contributed by atoms with Gasteiger partial charge in [0.05, 0.1) is 13.7 Å². The molecule has 0 saturated heterocycles. The molecule has 1 rings (SSSR count). The Bertz CT molecular complexity index is 999. The third-order valence-electron chi connectivity index (χ3n) is 6.13. The molecule has 0 heterocycles. The van der Waals surface area contributed by atoms with Crippen LogP contribution in [0, 0.1) is 0 Å². The van der Waals surface area contributed by atoms with Gasteiger partial charge >= 0.3 is 24.4 Å². The highest BCUT2D eigenvalue weighted by Gasteiger charge is 2.36. The summed E-state index contributed by atoms with van der Waals surface area (Å²) in [5.74, 6) is -0.989. The zero-order chi connectivity index (χ0) is 31.0. The summed E-state index contributed by atoms with van der Waals surface area (Å²) >= 11 is 0. The molecule has 1 aromatic carbocycles. The lowest BCUT2D eigenvalue weighted by Crippen LogP contribution is -2.51. The van der Waals surface area contributed by atoms with E-state index in [1.165, 1.54) is 19.2 Å². The van der Waals surface area contributed by atoms with Gasteiger partial charge in [-0.15, -0.1) is 0 Å². The predicted octanol–water partition coefficient (Wildman–Crippen LogP) is 5.85. The Morgan fingerprint density at radius 3 is 1.85 bits per heavy atom. The molecule has 0 spiro atoms. The monoisotopic (exact) mass is 583 g/mol. The van der Waals surface area contributed by atoms with E-state index in [0.717, 1.165) is 12.8 Å². The minimum Gasteiger partial charge on any atom is -0.468 e. The van der Waals surface area contributed by atoms with Gasteiger partial charge in [-0.25, -0.2) is 14.4 Å². The lowest BCUT2D eigenvalue weighted by Gasteiger charge is -2.27. The lowest BCUT2D eigenvalue weighted by atomic mass is 9.88. The number of hydrogen-bond donors (Lipinski definition) is 1. The predicted molar refractivity (Wildman–Crippen MR) is 149 cm³/mol. The number of ether oxygens (including phenoxy) is 7. The third kappa shape index (κ3) is 13.1. The number of hydrogen-bond acceptors (Lipinski definition) is 12. The van der Waals surface area contributed by atoms with Crippen molar-refractivity contribution in [3.8, 4) is 11.5 Å². The van der Waals surface area contributed by atoms with E-state index in [1.807, 2.05) is 20.8 Å². The summed E-state index contributed by atoms with van der Waals surface area (Å²) in [6.07, 6.45) is -0.650. The third-order valence-corrected chi connectivity index (χ3v) is 6.13. The molecule has 0 bridgehead atoms. The van der Waals surface area contributed by atoms with Gasteiger partial charge in [0.25, 0.3) is 0 Å². The molecule has 0 aliphatic carbocycles. The van der Waals surface area contributed by atoms with E-state index < -0.39 is 36.1 Å². The van der Waals surface area contributed by atoms with Gasteiger partial charge in [0.2, 0.25) is 0 Å². The van der Waals surface area contributed by atoms with Crippen LogP contribution in [0.2, 0.25) is 0 Å². The number of methoxy groups -OCH3 is 1. The van der Waals surface area contributed by atoms with Crippen molar-refractivity contribution in [2.24, 2.45) is 5.73 Å². The molecule has 12 heteroatoms. The first-order chi connectivity index (χ1) is 19.4. The molecule has 0 aliphatic heterocycles. The molecule has 2 N–H and O–H groups in total. The molecule has 2 unspecified atom stereocenters. The van der Waals surface area contributed by atoms with E-state index >= 15 is 0 Å². The van der Waals surface area contributed by atoms with Crippen molar-refractivity contribution in [2.75, 3.05) is 13.7 Å². The van der Waals surface area contributed by atoms with Crippen LogP contribution >= 0.6 is 0 Å². The van der Waals surface area contributed by atoms with E-state index in [1.54, 1.807) is 26.8 Å². The topological polar surface area (TPSA) is 159 Å². The van der Waals surface area contributed by atoms with Crippen LogP contribution in [-0.4, -0.2) is 62.0 Å². The van der Waals surface area contributed by atoms with Crippen molar-refractivity contribution in [3.05, 3.63) is 23.8 Å². The first kappa shape index (κ1) is 35.5. The van der Waals surface area contributed by atoms with Gasteiger partial charge in [0.1, 0.15) is 23.9 Å². The lowest BCUT2D eigenvalue weighted by molar-refractivity contribution is -0.147. The van der Waals surface area contributed by atoms with E-state index in [-0.39, 0.29) is 43.2 Å². The van der Waals surface area contributed by atoms with Gasteiger partial charge in [-0.2, -0.15) is 0 Å². The van der Waals surface area contributed by atoms with Crippen LogP contribution in [-0.2, 0) is 34.9 Å². The molecule has 0 amide bonds. The maximum Gasteiger partial charge on any atom is 0.514 e. The van der Waals surface area contributed by atoms with Crippen molar-refractivity contribution in [3.63, 3.8) is 0 Å². The molecule has 41 heavy (non-hydrogen) atoms. The molecule has 0 fully saturated rings. The molecular weight excluding hydrogens is 538 g/mol. The zero-order valence-corrected chi connectivity index (χ0v) is 25.2. The summed E-state index contributed by atoms with van der Waals surface area (Å²) in [5.41, 5.74) is 5.23. The summed E-state index contributed by atoms with van der Waals surface area (Å²) in [6.45, 7) is 10.7. The zero-order valence-electron chi connectivity index (χ0n) is 25.2. The minimum atomic E-state index is -1.62. The van der Waals surface area contributed by atoms with Gasteiger partial charge in [-0.05, 0) is 57.7 Å². The largest absolute Gasteiger partial charge is 0.514 e. The molecule has 0 saturated carbocycles. The fraction of sp³-hybridized carbons (Fsp3) is 0.655. The molecule has 1 aromatic rings. The van der Waals surface area contributed by atoms with Crippen molar-refractivity contribution in [1.29, 1.82) is 0 Å². The minimum absolute atomic E-state index is 0.0953. The van der Waals surface area contributed by atoms with Crippen LogP contribution in [0.5, 0.6) is 11.5 Å². The number of nitrogens with two attached hydrogens (primary N) is 1. The average molecular weight is 584 g/mol. The van der Waals surface area contributed by atoms with Gasteiger partial charge in [0.15, 0.2) is 11.5 Å². The number of esters is 1. The maximum absolute atomic E-state index is 12.6. The normalized spacial score (nSPS) is 14.4. The van der Waals surface area contributed by atoms with Crippen LogP contribution in [0.25, 0.3) is 0 Å². The van der Waals surface area contributed by atoms with Crippen molar-refractivity contribution in [1.82, 2.24) is 0 Å². The summed E-state index contributed by atoms with van der Waals surface area (Å²) in [6, 6.07) is 4.32. The second-order valence-electron chi connectivity index (χ2n) is 9.93. The van der Waals surface area contributed by atoms with E-state index in [0.29, 0.717) is 24.8 Å². The first-order valence-corrected chi connectivity index (χ1v) is 14.0. The van der Waals surface area contributed by atoms with E-state index in [4.69, 9.17) is 38.9 Å². The van der Waals surface area contributed by atoms with Gasteiger partial charge < -0.3 is 38.9 Å². The Labute approximate surface area is 242 Å². The van der Waals surface area contributed by atoms with Crippen LogP contribution < -0.4 is 15.2 Å². The number of carbonyl (C=O) groups is 4. The first-order valence-electron chi connectivity index (χ1n) is 14.0. The van der Waals surface area contributed by atoms with Crippen LogP contribution in [0.1, 0.15) is 85.6 Å². The number of carbonyl (C=O) groups excluding carboxylic acids is 4. The van der Waals surface area contributed by atoms with Crippen molar-refractivity contribution >= 4 is 24.4 Å². The molecule has 12 nitrogen and oxygen atoms in total. The molecular formula is C29H45NO11. The smallest absolute Gasteiger partial charge is 0.468 e. The molecule has 0 radical (unpaired) electrons. The summed E-state index contributed by atoms with van der Waals surface area (Å²) in [5, 5.41) is 0. The second kappa shape index (κ2) is 18.0. The Morgan fingerprint density at radius 1 is 0.805 bits per heavy atom. The summed E-state index contributed by atoms with van der Waals surface area (Å²) in [7, 11) is 1.19. The Hall–Kier alpha value is -3.54. The summed E-state index contributed by atoms with van der Waals surface area (Å²) < 4.78 is 36.2. The average Bonchev–Trinajstić information content (AvgIpc) is 2.89. The maximum atomic E-state index is 12.6. The quantitative estimate of drug-likeness (QED) is 0.141. The number of benzene rings is 1. The van der Waals surface area contributed by atoms with Gasteiger partial charge in [-0.3, -0.25) is 4.79 Å².